The van der Waals surface area contributed by atoms with Gasteiger partial charge < -0.3 is 78.1 Å². The van der Waals surface area contributed by atoms with Crippen molar-refractivity contribution >= 4 is 35.1 Å². The van der Waals surface area contributed by atoms with E-state index in [1.165, 1.54) is 0 Å². The third-order valence-electron chi connectivity index (χ3n) is 11.9. The molecule has 2 heterocycles. The number of amides is 2. The summed E-state index contributed by atoms with van der Waals surface area (Å²) in [6.45, 7) is 2.55. The maximum Gasteiger partial charge on any atom is 0.331 e. The van der Waals surface area contributed by atoms with Crippen LogP contribution in [0.1, 0.15) is 35.1 Å². The average molecular weight is 1030 g/mol. The van der Waals surface area contributed by atoms with Crippen LogP contribution in [0.5, 0.6) is 46.0 Å². The van der Waals surface area contributed by atoms with Gasteiger partial charge in [0.25, 0.3) is 0 Å². The highest BCUT2D eigenvalue weighted by molar-refractivity contribution is 5.97. The van der Waals surface area contributed by atoms with Gasteiger partial charge in [0.15, 0.2) is 23.0 Å². The van der Waals surface area contributed by atoms with E-state index in [0.717, 1.165) is 34.4 Å². The summed E-state index contributed by atoms with van der Waals surface area (Å²) in [4.78, 5) is 51.9. The second kappa shape index (κ2) is 29.4. The molecule has 0 radical (unpaired) electrons. The topological polar surface area (TPSA) is 227 Å². The summed E-state index contributed by atoms with van der Waals surface area (Å²) in [7, 11) is 9.45. The molecule has 4 aromatic rings. The van der Waals surface area contributed by atoms with Crippen LogP contribution in [0.25, 0.3) is 0 Å². The van der Waals surface area contributed by atoms with Gasteiger partial charge in [-0.15, -0.1) is 0 Å². The predicted octanol–water partition coefficient (Wildman–Crippen LogP) is 5.04. The van der Waals surface area contributed by atoms with Crippen LogP contribution in [0.15, 0.2) is 72.8 Å². The largest absolute Gasteiger partial charge is 0.493 e. The van der Waals surface area contributed by atoms with Crippen molar-refractivity contribution in [2.45, 2.75) is 50.7 Å². The highest BCUT2D eigenvalue weighted by atomic mass is 16.6. The van der Waals surface area contributed by atoms with Crippen molar-refractivity contribution in [2.75, 3.05) is 119 Å². The van der Waals surface area contributed by atoms with Gasteiger partial charge in [0.05, 0.1) is 53.0 Å². The molecule has 400 valence electrons. The number of carbonyl (C=O) groups excluding carboxylic acids is 4. The molecule has 2 atom stereocenters. The Kier molecular flexibility index (Phi) is 22.3. The van der Waals surface area contributed by atoms with Gasteiger partial charge in [0.1, 0.15) is 61.6 Å². The molecule has 0 saturated heterocycles. The van der Waals surface area contributed by atoms with Crippen molar-refractivity contribution < 1.29 is 76.0 Å². The van der Waals surface area contributed by atoms with Crippen molar-refractivity contribution in [3.8, 4) is 46.0 Å². The quantitative estimate of drug-likeness (QED) is 0.0285. The zero-order valence-corrected chi connectivity index (χ0v) is 42.9. The van der Waals surface area contributed by atoms with E-state index >= 15 is 0 Å². The standard InChI is InChI=1S/C54H68N4O16/c1-63-25-27-69-45-15-13-41(39-9-17-49(59)57-53(39)45)71-33-37(31-55-23-21-35-7-11-43(65-3)47(29-35)67-5)73-51(61)19-20-52(62)74-38(32-56-24-22-36-8-12-44(66-4)48(30-36)68-6)34-72-42-14-16-46(70-28-26-64-2)54-40(42)10-18-50(60)58-54/h7-8,11-16,19-20,29-30,37-38,55-56H,9-10,17-18,21-28,31-34H2,1-6H3,(H,57,59)(H,58,60)/b20-19-. The maximum absolute atomic E-state index is 13.5. The van der Waals surface area contributed by atoms with Crippen LogP contribution >= 0.6 is 0 Å². The number of esters is 2. The first kappa shape index (κ1) is 56.0. The van der Waals surface area contributed by atoms with Crippen LogP contribution in [0.2, 0.25) is 0 Å². The number of nitrogens with one attached hydrogen (secondary N) is 4. The van der Waals surface area contributed by atoms with E-state index in [1.54, 1.807) is 66.9 Å². The fraction of sp³-hybridized carbons (Fsp3) is 0.444. The van der Waals surface area contributed by atoms with Gasteiger partial charge in [-0.2, -0.15) is 0 Å². The molecule has 4 N–H and O–H groups in total. The Labute approximate surface area is 431 Å². The van der Waals surface area contributed by atoms with Crippen molar-refractivity contribution in [3.63, 3.8) is 0 Å². The summed E-state index contributed by atoms with van der Waals surface area (Å²) in [5, 5.41) is 12.5. The molecule has 6 rings (SSSR count). The lowest BCUT2D eigenvalue weighted by Gasteiger charge is -2.25. The number of rotatable bonds is 32. The van der Waals surface area contributed by atoms with Crippen LogP contribution in [0.4, 0.5) is 11.4 Å². The first-order valence-corrected chi connectivity index (χ1v) is 24.4. The number of hydrogen-bond acceptors (Lipinski definition) is 18. The van der Waals surface area contributed by atoms with Gasteiger partial charge in [-0.05, 0) is 98.4 Å². The van der Waals surface area contributed by atoms with Crippen molar-refractivity contribution in [3.05, 3.63) is 95.1 Å². The second-order valence-corrected chi connectivity index (χ2v) is 17.0. The molecule has 2 amide bonds. The van der Waals surface area contributed by atoms with Crippen molar-refractivity contribution in [2.24, 2.45) is 0 Å². The van der Waals surface area contributed by atoms with E-state index in [4.69, 9.17) is 56.8 Å². The number of methoxy groups -OCH3 is 6. The third kappa shape index (κ3) is 16.6. The molecule has 0 aromatic heterocycles. The van der Waals surface area contributed by atoms with Crippen LogP contribution in [0.3, 0.4) is 0 Å². The van der Waals surface area contributed by atoms with Gasteiger partial charge in [-0.1, -0.05) is 12.1 Å². The molecule has 0 fully saturated rings. The van der Waals surface area contributed by atoms with E-state index in [9.17, 15) is 19.2 Å². The van der Waals surface area contributed by atoms with Gasteiger partial charge in [-0.25, -0.2) is 9.59 Å². The minimum Gasteiger partial charge on any atom is -0.493 e. The zero-order valence-electron chi connectivity index (χ0n) is 42.9. The van der Waals surface area contributed by atoms with Crippen LogP contribution in [-0.4, -0.2) is 144 Å². The first-order chi connectivity index (χ1) is 36.0. The number of benzene rings is 4. The predicted molar refractivity (Wildman–Crippen MR) is 274 cm³/mol. The fourth-order valence-corrected chi connectivity index (χ4v) is 8.09. The van der Waals surface area contributed by atoms with E-state index < -0.39 is 24.1 Å². The molecule has 74 heavy (non-hydrogen) atoms. The molecule has 2 aliphatic rings. The van der Waals surface area contributed by atoms with Crippen LogP contribution in [-0.2, 0) is 63.8 Å². The number of fused-ring (bicyclic) bond motifs is 2. The Bertz CT molecular complexity index is 2370. The molecule has 2 unspecified atom stereocenters. The molecule has 4 aromatic carbocycles. The number of anilines is 2. The third-order valence-corrected chi connectivity index (χ3v) is 11.9. The number of ether oxygens (including phenoxy) is 12. The summed E-state index contributed by atoms with van der Waals surface area (Å²) >= 11 is 0. The lowest BCUT2D eigenvalue weighted by Crippen LogP contribution is -2.37. The van der Waals surface area contributed by atoms with E-state index in [1.807, 2.05) is 36.4 Å². The smallest absolute Gasteiger partial charge is 0.331 e. The highest BCUT2D eigenvalue weighted by Crippen LogP contribution is 2.40. The van der Waals surface area contributed by atoms with Gasteiger partial charge in [0.2, 0.25) is 11.8 Å². The molecule has 0 bridgehead atoms. The molecular formula is C54H68N4O16. The molecule has 20 nitrogen and oxygen atoms in total. The molecular weight excluding hydrogens is 961 g/mol. The van der Waals surface area contributed by atoms with Crippen molar-refractivity contribution in [1.82, 2.24) is 10.6 Å². The maximum atomic E-state index is 13.5. The fourth-order valence-electron chi connectivity index (χ4n) is 8.09. The Hall–Kier alpha value is -7.26. The summed E-state index contributed by atoms with van der Waals surface area (Å²) in [6, 6.07) is 18.3. The Balaban J connectivity index is 1.13. The average Bonchev–Trinajstić information content (AvgIpc) is 3.41. The van der Waals surface area contributed by atoms with Crippen molar-refractivity contribution in [1.29, 1.82) is 0 Å². The molecule has 20 heteroatoms. The van der Waals surface area contributed by atoms with Gasteiger partial charge in [-0.3, -0.25) is 9.59 Å². The monoisotopic (exact) mass is 1030 g/mol. The highest BCUT2D eigenvalue weighted by Gasteiger charge is 2.26. The van der Waals surface area contributed by atoms with Crippen LogP contribution < -0.4 is 59.2 Å². The number of carbonyl (C=O) groups is 4. The summed E-state index contributed by atoms with van der Waals surface area (Å²) < 4.78 is 68.1. The molecule has 0 spiro atoms. The minimum absolute atomic E-state index is 0.0698. The van der Waals surface area contributed by atoms with Gasteiger partial charge >= 0.3 is 11.9 Å². The van der Waals surface area contributed by atoms with Gasteiger partial charge in [0, 0.05) is 63.4 Å². The summed E-state index contributed by atoms with van der Waals surface area (Å²) in [5.41, 5.74) is 4.52. The zero-order chi connectivity index (χ0) is 52.7. The lowest BCUT2D eigenvalue weighted by atomic mass is 10.0. The molecule has 0 aliphatic carbocycles. The molecule has 2 aliphatic heterocycles. The number of hydrogen-bond donors (Lipinski definition) is 4. The Morgan fingerprint density at radius 1 is 0.500 bits per heavy atom. The SMILES string of the molecule is COCCOc1ccc(OCC(CNCCc2ccc(OC)c(OC)c2)OC(=O)/C=C\C(=O)OC(CNCCc2ccc(OC)c(OC)c2)COc2ccc(OCCOC)c3c2CCC(=O)N3)c2c1NC(=O)CC2. The Morgan fingerprint density at radius 3 is 1.28 bits per heavy atom. The summed E-state index contributed by atoms with van der Waals surface area (Å²) in [5.74, 6) is 2.50. The molecule has 0 saturated carbocycles. The summed E-state index contributed by atoms with van der Waals surface area (Å²) in [6.07, 6.45) is 2.92. The lowest BCUT2D eigenvalue weighted by molar-refractivity contribution is -0.147. The normalized spacial score (nSPS) is 13.6. The Morgan fingerprint density at radius 2 is 0.892 bits per heavy atom. The van der Waals surface area contributed by atoms with E-state index in [2.05, 4.69) is 21.3 Å². The van der Waals surface area contributed by atoms with Crippen LogP contribution in [0, 0.1) is 0 Å². The second-order valence-electron chi connectivity index (χ2n) is 17.0. The minimum atomic E-state index is -0.830. The van der Waals surface area contributed by atoms with E-state index in [0.29, 0.717) is 109 Å². The first-order valence-electron chi connectivity index (χ1n) is 24.4. The van der Waals surface area contributed by atoms with E-state index in [-0.39, 0.29) is 64.2 Å².